The number of aliphatic hydroxyl groups is 1. The minimum atomic E-state index is -1.06. The third kappa shape index (κ3) is 38.5. The zero-order valence-electron chi connectivity index (χ0n) is 49.2. The molecule has 2 aromatic carbocycles. The second-order valence-electron chi connectivity index (χ2n) is 18.9. The van der Waals surface area contributed by atoms with Crippen molar-refractivity contribution in [1.29, 1.82) is 0 Å². The zero-order valence-corrected chi connectivity index (χ0v) is 53.9. The minimum Gasteiger partial charge on any atom is -0.870 e. The van der Waals surface area contributed by atoms with Crippen molar-refractivity contribution in [3.63, 3.8) is 0 Å². The van der Waals surface area contributed by atoms with Crippen molar-refractivity contribution in [3.8, 4) is 0 Å². The SMILES string of the molecule is COC(=O)[C@H](CCCCCCCCCC1=NCCCO1)NC(=O)c1c(Cl)cccc1Cl.CSC1=NCCCO1.NCCCO.O.O=C(N[C@@H](CCCCCCCCCC1=NCCCO1)C(=O)O)c1c(Cl)cccc1Cl.S=C1NCCCO1.[Li+].[OH-]. The summed E-state index contributed by atoms with van der Waals surface area (Å²) in [5, 5.41) is 27.8. The smallest absolute Gasteiger partial charge is 0.870 e. The number of nitrogens with two attached hydrogens (primary N) is 1. The van der Waals surface area contributed by atoms with E-state index in [-0.39, 0.29) is 67.6 Å². The molecule has 2 atom stereocenters. The number of unbranched alkanes of at least 4 members (excludes halogenated alkanes) is 12. The predicted molar refractivity (Wildman–Crippen MR) is 338 cm³/mol. The van der Waals surface area contributed by atoms with E-state index in [0.717, 1.165) is 192 Å². The van der Waals surface area contributed by atoms with Crippen molar-refractivity contribution < 1.29 is 82.9 Å². The van der Waals surface area contributed by atoms with Crippen LogP contribution in [0.15, 0.2) is 51.4 Å². The van der Waals surface area contributed by atoms with Crippen LogP contribution >= 0.6 is 70.4 Å². The van der Waals surface area contributed by atoms with Crippen LogP contribution in [0.25, 0.3) is 0 Å². The normalized spacial score (nSPS) is 14.5. The maximum Gasteiger partial charge on any atom is 1.00 e. The Hall–Kier alpha value is -3.63. The number of hydrogen-bond acceptors (Lipinski definition) is 17. The largest absolute Gasteiger partial charge is 1.00 e. The van der Waals surface area contributed by atoms with Gasteiger partial charge in [-0.15, -0.1) is 0 Å². The number of amides is 2. The summed E-state index contributed by atoms with van der Waals surface area (Å²) in [5.41, 5.74) is 5.26. The third-order valence-electron chi connectivity index (χ3n) is 12.4. The number of aliphatic imine (C=N–C) groups is 3. The Balaban J connectivity index is 0. The molecule has 0 saturated carbocycles. The van der Waals surface area contributed by atoms with Gasteiger partial charge in [0.25, 0.3) is 17.0 Å². The molecule has 2 aromatic rings. The van der Waals surface area contributed by atoms with Crippen LogP contribution in [0.2, 0.25) is 20.1 Å². The van der Waals surface area contributed by atoms with Crippen LogP contribution in [0.4, 0.5) is 0 Å². The van der Waals surface area contributed by atoms with Gasteiger partial charge < -0.3 is 66.5 Å². The number of nitrogens with one attached hydrogen (secondary N) is 3. The Morgan fingerprint density at radius 2 is 1.06 bits per heavy atom. The van der Waals surface area contributed by atoms with Crippen LogP contribution < -0.4 is 40.5 Å². The summed E-state index contributed by atoms with van der Waals surface area (Å²) >= 11 is 30.5. The summed E-state index contributed by atoms with van der Waals surface area (Å²) in [6.45, 7) is 7.74. The van der Waals surface area contributed by atoms with E-state index >= 15 is 0 Å². The number of ether oxygens (including phenoxy) is 5. The summed E-state index contributed by atoms with van der Waals surface area (Å²) in [5.74, 6) is -0.743. The Bertz CT molecular complexity index is 2200. The first-order valence-corrected chi connectivity index (χ1v) is 31.5. The number of thiocarbonyl (C=S) groups is 1. The minimum absolute atomic E-state index is 0. The molecular formula is C57H90Cl4LiN7O13S2. The molecule has 0 aromatic heterocycles. The molecule has 1 saturated heterocycles. The van der Waals surface area contributed by atoms with Crippen molar-refractivity contribution >= 4 is 116 Å². The molecule has 0 aliphatic carbocycles. The van der Waals surface area contributed by atoms with Crippen molar-refractivity contribution in [3.05, 3.63) is 67.6 Å². The number of carbonyl (C=O) groups excluding carboxylic acids is 3. The van der Waals surface area contributed by atoms with E-state index in [1.54, 1.807) is 48.2 Å². The van der Waals surface area contributed by atoms with Gasteiger partial charge in [-0.3, -0.25) is 19.6 Å². The van der Waals surface area contributed by atoms with Gasteiger partial charge in [-0.25, -0.2) is 14.6 Å². The number of halogens is 4. The number of rotatable bonds is 28. The molecule has 472 valence electrons. The van der Waals surface area contributed by atoms with Crippen LogP contribution in [0, 0.1) is 0 Å². The second kappa shape index (κ2) is 53.6. The van der Waals surface area contributed by atoms with Crippen LogP contribution in [0.3, 0.4) is 0 Å². The van der Waals surface area contributed by atoms with Gasteiger partial charge in [0.05, 0.1) is 64.8 Å². The number of carboxylic acid groups (broad SMARTS) is 1. The molecule has 0 radical (unpaired) electrons. The van der Waals surface area contributed by atoms with Crippen molar-refractivity contribution in [2.24, 2.45) is 20.7 Å². The first-order chi connectivity index (χ1) is 39.3. The predicted octanol–water partition coefficient (Wildman–Crippen LogP) is 7.84. The van der Waals surface area contributed by atoms with E-state index in [1.807, 2.05) is 6.26 Å². The molecule has 4 heterocycles. The van der Waals surface area contributed by atoms with E-state index in [1.165, 1.54) is 20.0 Å². The van der Waals surface area contributed by atoms with Gasteiger partial charge in [0.2, 0.25) is 5.23 Å². The van der Waals surface area contributed by atoms with Gasteiger partial charge in [0.15, 0.2) is 11.8 Å². The molecule has 0 spiro atoms. The topological polar surface area (TPSA) is 316 Å². The van der Waals surface area contributed by atoms with Crippen molar-refractivity contribution in [2.75, 3.05) is 79.1 Å². The number of esters is 1. The van der Waals surface area contributed by atoms with Gasteiger partial charge in [-0.05, 0) is 87.8 Å². The quantitative estimate of drug-likeness (QED) is 0.0204. The molecule has 1 fully saturated rings. The summed E-state index contributed by atoms with van der Waals surface area (Å²) in [4.78, 5) is 61.4. The van der Waals surface area contributed by atoms with Crippen LogP contribution in [0.5, 0.6) is 0 Å². The van der Waals surface area contributed by atoms with Crippen molar-refractivity contribution in [1.82, 2.24) is 16.0 Å². The number of aliphatic hydroxyl groups excluding tert-OH is 1. The summed E-state index contributed by atoms with van der Waals surface area (Å²) in [6.07, 6.45) is 24.4. The van der Waals surface area contributed by atoms with Crippen LogP contribution in [-0.4, -0.2) is 158 Å². The zero-order chi connectivity index (χ0) is 59.3. The molecule has 4 aliphatic rings. The van der Waals surface area contributed by atoms with E-state index in [4.69, 9.17) is 80.9 Å². The molecule has 0 bridgehead atoms. The van der Waals surface area contributed by atoms with Gasteiger partial charge in [-0.2, -0.15) is 0 Å². The third-order valence-corrected chi connectivity index (χ3v) is 14.5. The molecule has 0 unspecified atom stereocenters. The maximum atomic E-state index is 12.6. The van der Waals surface area contributed by atoms with Gasteiger partial charge >= 0.3 is 30.8 Å². The molecule has 20 nitrogen and oxygen atoms in total. The van der Waals surface area contributed by atoms with E-state index < -0.39 is 35.8 Å². The average Bonchev–Trinajstić information content (AvgIpc) is 3.65. The molecule has 10 N–H and O–H groups in total. The number of carbonyl (C=O) groups is 4. The van der Waals surface area contributed by atoms with E-state index in [9.17, 15) is 24.3 Å². The monoisotopic (exact) mass is 1290 g/mol. The molecule has 2 amide bonds. The van der Waals surface area contributed by atoms with E-state index in [2.05, 4.69) is 43.1 Å². The average molecular weight is 1290 g/mol. The molecule has 84 heavy (non-hydrogen) atoms. The maximum absolute atomic E-state index is 12.6. The fourth-order valence-electron chi connectivity index (χ4n) is 8.00. The fraction of sp³-hybridized carbons (Fsp3) is 0.649. The first-order valence-electron chi connectivity index (χ1n) is 28.3. The number of methoxy groups -OCH3 is 1. The summed E-state index contributed by atoms with van der Waals surface area (Å²) in [6, 6.07) is 7.89. The van der Waals surface area contributed by atoms with Gasteiger partial charge in [-0.1, -0.05) is 147 Å². The number of carboxylic acids is 1. The van der Waals surface area contributed by atoms with Crippen LogP contribution in [-0.2, 0) is 33.3 Å². The molecule has 6 rings (SSSR count). The number of thioether (sulfide) groups is 1. The van der Waals surface area contributed by atoms with E-state index in [0.29, 0.717) is 24.6 Å². The standard InChI is InChI=1S/C23H32Cl2N2O4.C22H30Cl2N2O4.C5H9NOS.C4H7NOS.C3H9NO.Li.2H2O/c1-30-23(29)19(27-22(28)21-17(24)11-9-12-18(21)25)13-7-5-3-2-4-6-8-14-20-26-15-10-16-31-20;23-16-10-8-11-17(24)20(16)21(27)26-18(22(28)29)12-6-4-2-1-3-5-7-13-19-25-14-9-15-30-19;1-8-5-6-3-2-4-7-5;7-4-5-2-1-3-6-4;4-2-1-3-5;;;/h9,11-12,19H,2-8,10,13-16H2,1H3,(H,27,28);8,10-11,18H,1-7,9,12-15H2,(H,26,27)(H,28,29);2-4H2,1H3;1-3H2,(H,5,7);5H,1-4H2;;2*1H2/q;;;;;+1;;/p-1/t19-;18-;;;;;;/m00....../s1. The fourth-order valence-corrected chi connectivity index (χ4v) is 9.74. The Labute approximate surface area is 538 Å². The van der Waals surface area contributed by atoms with Gasteiger partial charge in [0, 0.05) is 64.9 Å². The Morgan fingerprint density at radius 1 is 0.655 bits per heavy atom. The summed E-state index contributed by atoms with van der Waals surface area (Å²) < 4.78 is 25.9. The Morgan fingerprint density at radius 3 is 1.37 bits per heavy atom. The number of benzene rings is 2. The number of hydrogen-bond donors (Lipinski definition) is 6. The summed E-state index contributed by atoms with van der Waals surface area (Å²) in [7, 11) is 1.31. The Kier molecular flexibility index (Phi) is 52.6. The molecule has 4 aliphatic heterocycles. The van der Waals surface area contributed by atoms with Crippen LogP contribution in [0.1, 0.15) is 168 Å². The first kappa shape index (κ1) is 82.4. The number of nitrogens with zero attached hydrogens (tertiary/aromatic N) is 3. The van der Waals surface area contributed by atoms with Gasteiger partial charge in [0.1, 0.15) is 12.1 Å². The molecular weight excluding hydrogens is 1200 g/mol. The second-order valence-corrected chi connectivity index (χ2v) is 21.7. The number of aliphatic carboxylic acids is 1. The van der Waals surface area contributed by atoms with Crippen molar-refractivity contribution in [2.45, 2.75) is 160 Å². The molecule has 27 heteroatoms.